The molecule has 0 bridgehead atoms. The van der Waals surface area contributed by atoms with Crippen LogP contribution in [-0.4, -0.2) is 49.6 Å². The lowest BCUT2D eigenvalue weighted by atomic mass is 9.95. The quantitative estimate of drug-likeness (QED) is 0.898. The lowest BCUT2D eigenvalue weighted by Crippen LogP contribution is -2.42. The zero-order chi connectivity index (χ0) is 16.6. The van der Waals surface area contributed by atoms with Crippen LogP contribution in [0.2, 0.25) is 0 Å². The minimum atomic E-state index is -0.911. The molecule has 1 N–H and O–H groups in total. The third kappa shape index (κ3) is 2.94. The molecule has 1 aliphatic carbocycles. The van der Waals surface area contributed by atoms with E-state index in [4.69, 9.17) is 0 Å². The van der Waals surface area contributed by atoms with Crippen LogP contribution in [0.3, 0.4) is 0 Å². The molecule has 1 unspecified atom stereocenters. The molecule has 1 aliphatic heterocycles. The molecule has 1 saturated carbocycles. The van der Waals surface area contributed by atoms with Crippen LogP contribution in [0.15, 0.2) is 42.7 Å². The molecule has 0 spiro atoms. The first-order chi connectivity index (χ1) is 11.6. The normalized spacial score (nSPS) is 25.0. The van der Waals surface area contributed by atoms with Gasteiger partial charge in [0.25, 0.3) is 0 Å². The smallest absolute Gasteiger partial charge is 0.229 e. The van der Waals surface area contributed by atoms with Gasteiger partial charge in [-0.25, -0.2) is 4.68 Å². The largest absolute Gasteiger partial charge is 0.386 e. The summed E-state index contributed by atoms with van der Waals surface area (Å²) in [6.07, 6.45) is 6.60. The lowest BCUT2D eigenvalue weighted by Gasteiger charge is -2.26. The summed E-state index contributed by atoms with van der Waals surface area (Å²) in [6, 6.07) is 10.2. The van der Waals surface area contributed by atoms with Crippen LogP contribution in [0.1, 0.15) is 24.8 Å². The molecule has 2 fully saturated rings. The van der Waals surface area contributed by atoms with Crippen LogP contribution < -0.4 is 0 Å². The summed E-state index contributed by atoms with van der Waals surface area (Å²) in [5.41, 5.74) is 0.0481. The number of hydrogen-bond acceptors (Lipinski definition) is 4. The van der Waals surface area contributed by atoms with Gasteiger partial charge in [-0.2, -0.15) is 0 Å². The molecule has 1 atom stereocenters. The fourth-order valence-corrected chi connectivity index (χ4v) is 3.72. The number of hydrogen-bond donors (Lipinski definition) is 1. The summed E-state index contributed by atoms with van der Waals surface area (Å²) in [5, 5.41) is 18.5. The first kappa shape index (κ1) is 15.3. The van der Waals surface area contributed by atoms with Crippen molar-refractivity contribution in [2.45, 2.75) is 37.8 Å². The van der Waals surface area contributed by atoms with Crippen molar-refractivity contribution in [2.75, 3.05) is 13.1 Å². The minimum absolute atomic E-state index is 0.195. The van der Waals surface area contributed by atoms with Gasteiger partial charge in [-0.15, -0.1) is 5.10 Å². The van der Waals surface area contributed by atoms with E-state index in [-0.39, 0.29) is 11.3 Å². The predicted molar refractivity (Wildman–Crippen MR) is 88.0 cm³/mol. The number of aliphatic hydroxyl groups is 1. The molecule has 1 amide bonds. The maximum absolute atomic E-state index is 13.0. The Morgan fingerprint density at radius 2 is 2.00 bits per heavy atom. The van der Waals surface area contributed by atoms with Gasteiger partial charge >= 0.3 is 0 Å². The van der Waals surface area contributed by atoms with Gasteiger partial charge in [0.05, 0.1) is 24.7 Å². The van der Waals surface area contributed by atoms with Crippen LogP contribution in [0.5, 0.6) is 0 Å². The first-order valence-electron chi connectivity index (χ1n) is 8.49. The van der Waals surface area contributed by atoms with Crippen molar-refractivity contribution in [1.82, 2.24) is 19.9 Å². The van der Waals surface area contributed by atoms with E-state index in [0.29, 0.717) is 26.1 Å². The Morgan fingerprint density at radius 3 is 2.67 bits per heavy atom. The Labute approximate surface area is 141 Å². The zero-order valence-electron chi connectivity index (χ0n) is 13.6. The number of aromatic nitrogens is 3. The standard InChI is InChI=1S/C18H22N4O2/c23-16(17(6-7-17)12-15-4-2-1-3-5-15)21-10-8-18(24,13-21)14-22-11-9-19-20-22/h1-5,9,11,24H,6-8,10,12-14H2. The van der Waals surface area contributed by atoms with Crippen molar-refractivity contribution in [3.8, 4) is 0 Å². The molecule has 1 aromatic carbocycles. The van der Waals surface area contributed by atoms with E-state index in [9.17, 15) is 9.90 Å². The highest BCUT2D eigenvalue weighted by Crippen LogP contribution is 2.50. The van der Waals surface area contributed by atoms with E-state index in [1.807, 2.05) is 23.1 Å². The van der Waals surface area contributed by atoms with Gasteiger partial charge in [0, 0.05) is 12.7 Å². The highest BCUT2D eigenvalue weighted by Gasteiger charge is 2.53. The summed E-state index contributed by atoms with van der Waals surface area (Å²) >= 11 is 0. The third-order valence-corrected chi connectivity index (χ3v) is 5.24. The number of nitrogens with zero attached hydrogens (tertiary/aromatic N) is 4. The van der Waals surface area contributed by atoms with Crippen LogP contribution in [0.25, 0.3) is 0 Å². The van der Waals surface area contributed by atoms with Crippen molar-refractivity contribution in [3.63, 3.8) is 0 Å². The molecule has 4 rings (SSSR count). The third-order valence-electron chi connectivity index (χ3n) is 5.24. The van der Waals surface area contributed by atoms with Gasteiger partial charge in [0.1, 0.15) is 5.60 Å². The van der Waals surface area contributed by atoms with Crippen LogP contribution >= 0.6 is 0 Å². The van der Waals surface area contributed by atoms with Gasteiger partial charge in [-0.05, 0) is 31.2 Å². The fourth-order valence-electron chi connectivity index (χ4n) is 3.72. The highest BCUT2D eigenvalue weighted by atomic mass is 16.3. The second-order valence-corrected chi connectivity index (χ2v) is 7.24. The van der Waals surface area contributed by atoms with E-state index in [0.717, 1.165) is 19.3 Å². The summed E-state index contributed by atoms with van der Waals surface area (Å²) in [4.78, 5) is 14.8. The van der Waals surface area contributed by atoms with Gasteiger partial charge < -0.3 is 10.0 Å². The monoisotopic (exact) mass is 326 g/mol. The van der Waals surface area contributed by atoms with Crippen LogP contribution in [0, 0.1) is 5.41 Å². The van der Waals surface area contributed by atoms with Crippen molar-refractivity contribution in [3.05, 3.63) is 48.3 Å². The molecule has 1 saturated heterocycles. The molecule has 24 heavy (non-hydrogen) atoms. The Morgan fingerprint density at radius 1 is 1.21 bits per heavy atom. The number of likely N-dealkylation sites (tertiary alicyclic amines) is 1. The van der Waals surface area contributed by atoms with E-state index in [1.165, 1.54) is 5.56 Å². The number of carbonyl (C=O) groups is 1. The molecule has 126 valence electrons. The second-order valence-electron chi connectivity index (χ2n) is 7.24. The molecular formula is C18H22N4O2. The molecule has 6 nitrogen and oxygen atoms in total. The SMILES string of the molecule is O=C(N1CCC(O)(Cn2ccnn2)C1)C1(Cc2ccccc2)CC1. The fraction of sp³-hybridized carbons (Fsp3) is 0.500. The zero-order valence-corrected chi connectivity index (χ0v) is 13.6. The van der Waals surface area contributed by atoms with Gasteiger partial charge in [0.2, 0.25) is 5.91 Å². The number of β-amino-alcohol motifs (C(OH)–C–C–N with tert-alkyl or cyclic N) is 1. The van der Waals surface area contributed by atoms with E-state index in [2.05, 4.69) is 22.4 Å². The van der Waals surface area contributed by atoms with Crippen LogP contribution in [0.4, 0.5) is 0 Å². The molecular weight excluding hydrogens is 304 g/mol. The first-order valence-corrected chi connectivity index (χ1v) is 8.49. The summed E-state index contributed by atoms with van der Waals surface area (Å²) < 4.78 is 1.63. The average molecular weight is 326 g/mol. The van der Waals surface area contributed by atoms with E-state index in [1.54, 1.807) is 17.1 Å². The topological polar surface area (TPSA) is 71.2 Å². The molecule has 6 heteroatoms. The van der Waals surface area contributed by atoms with Gasteiger partial charge in [0.15, 0.2) is 0 Å². The van der Waals surface area contributed by atoms with Gasteiger partial charge in [-0.1, -0.05) is 35.5 Å². The van der Waals surface area contributed by atoms with E-state index < -0.39 is 5.60 Å². The molecule has 2 heterocycles. The summed E-state index contributed by atoms with van der Waals surface area (Å²) in [7, 11) is 0. The highest BCUT2D eigenvalue weighted by molar-refractivity contribution is 5.86. The van der Waals surface area contributed by atoms with Crippen LogP contribution in [-0.2, 0) is 17.8 Å². The molecule has 0 radical (unpaired) electrons. The number of rotatable bonds is 5. The van der Waals surface area contributed by atoms with Crippen molar-refractivity contribution >= 4 is 5.91 Å². The predicted octanol–water partition coefficient (Wildman–Crippen LogP) is 1.26. The minimum Gasteiger partial charge on any atom is -0.386 e. The Kier molecular flexibility index (Phi) is 3.64. The molecule has 1 aromatic heterocycles. The number of benzene rings is 1. The van der Waals surface area contributed by atoms with E-state index >= 15 is 0 Å². The Bertz CT molecular complexity index is 712. The van der Waals surface area contributed by atoms with Crippen molar-refractivity contribution in [2.24, 2.45) is 5.41 Å². The number of amides is 1. The Hall–Kier alpha value is -2.21. The second kappa shape index (κ2) is 5.70. The molecule has 2 aliphatic rings. The molecule has 2 aromatic rings. The maximum atomic E-state index is 13.0. The van der Waals surface area contributed by atoms with Gasteiger partial charge in [-0.3, -0.25) is 4.79 Å². The maximum Gasteiger partial charge on any atom is 0.229 e. The van der Waals surface area contributed by atoms with Crippen molar-refractivity contribution in [1.29, 1.82) is 0 Å². The average Bonchev–Trinajstić information content (AvgIpc) is 3.00. The summed E-state index contributed by atoms with van der Waals surface area (Å²) in [6.45, 7) is 1.37. The van der Waals surface area contributed by atoms with Crippen molar-refractivity contribution < 1.29 is 9.90 Å². The lowest BCUT2D eigenvalue weighted by molar-refractivity contribution is -0.137. The summed E-state index contributed by atoms with van der Waals surface area (Å²) in [5.74, 6) is 0.195. The number of carbonyl (C=O) groups excluding carboxylic acids is 1. The Balaban J connectivity index is 1.42.